The Bertz CT molecular complexity index is 349. The first-order chi connectivity index (χ1) is 6.67. The number of hydrogen-bond donors (Lipinski definition) is 3. The van der Waals surface area contributed by atoms with Crippen molar-refractivity contribution < 1.29 is 4.74 Å². The highest BCUT2D eigenvalue weighted by molar-refractivity contribution is 5.81. The van der Waals surface area contributed by atoms with Crippen LogP contribution in [0.2, 0.25) is 0 Å². The van der Waals surface area contributed by atoms with Gasteiger partial charge in [0.05, 0.1) is 7.11 Å². The molecule has 14 heavy (non-hydrogen) atoms. The third-order valence-corrected chi connectivity index (χ3v) is 1.72. The molecule has 0 aliphatic rings. The van der Waals surface area contributed by atoms with Gasteiger partial charge in [0, 0.05) is 0 Å². The summed E-state index contributed by atoms with van der Waals surface area (Å²) in [5.41, 5.74) is 9.43. The van der Waals surface area contributed by atoms with Crippen LogP contribution in [0.5, 0.6) is 5.75 Å². The summed E-state index contributed by atoms with van der Waals surface area (Å²) in [6.07, 6.45) is 0. The lowest BCUT2D eigenvalue weighted by Gasteiger charge is -2.06. The van der Waals surface area contributed by atoms with Crippen molar-refractivity contribution in [2.45, 2.75) is 6.92 Å². The maximum Gasteiger partial charge on any atom is 0.208 e. The minimum absolute atomic E-state index is 0.147. The van der Waals surface area contributed by atoms with E-state index in [4.69, 9.17) is 16.3 Å². The number of aliphatic imine (C=N–C) groups is 1. The highest BCUT2D eigenvalue weighted by Crippen LogP contribution is 2.27. The van der Waals surface area contributed by atoms with Gasteiger partial charge in [-0.25, -0.2) is 10.8 Å². The molecule has 0 aliphatic heterocycles. The van der Waals surface area contributed by atoms with Gasteiger partial charge in [-0.3, -0.25) is 5.43 Å². The molecule has 1 aromatic rings. The molecule has 0 saturated heterocycles. The molecular weight excluding hydrogens is 180 g/mol. The predicted molar refractivity (Wildman–Crippen MR) is 56.3 cm³/mol. The number of aryl methyl sites for hydroxylation is 1. The van der Waals surface area contributed by atoms with Gasteiger partial charge in [0.15, 0.2) is 0 Å². The van der Waals surface area contributed by atoms with Gasteiger partial charge in [-0.1, -0.05) is 6.07 Å². The standard InChI is InChI=1S/C9H14N4O/c1-6-3-4-8(14-2)7(5-6)12-9(10)13-11/h3-5H,11H2,1-2H3,(H3,10,12,13). The first-order valence-corrected chi connectivity index (χ1v) is 4.12. The van der Waals surface area contributed by atoms with Crippen LogP contribution >= 0.6 is 0 Å². The molecule has 0 aromatic heterocycles. The average molecular weight is 194 g/mol. The van der Waals surface area contributed by atoms with Gasteiger partial charge in [-0.2, -0.15) is 0 Å². The third kappa shape index (κ3) is 2.37. The second kappa shape index (κ2) is 4.48. The molecule has 1 aromatic carbocycles. The van der Waals surface area contributed by atoms with Crippen molar-refractivity contribution in [3.05, 3.63) is 23.8 Å². The topological polar surface area (TPSA) is 85.7 Å². The molecule has 5 nitrogen and oxygen atoms in total. The van der Waals surface area contributed by atoms with E-state index in [1.807, 2.05) is 25.1 Å². The van der Waals surface area contributed by atoms with Crippen LogP contribution < -0.4 is 21.7 Å². The van der Waals surface area contributed by atoms with Gasteiger partial charge in [0.2, 0.25) is 5.96 Å². The smallest absolute Gasteiger partial charge is 0.208 e. The number of ether oxygens (including phenoxy) is 1. The van der Waals surface area contributed by atoms with E-state index in [2.05, 4.69) is 10.4 Å². The second-order valence-electron chi connectivity index (χ2n) is 2.82. The summed E-state index contributed by atoms with van der Waals surface area (Å²) in [7, 11) is 1.58. The fourth-order valence-electron chi connectivity index (χ4n) is 1.05. The number of rotatable bonds is 2. The molecule has 0 amide bonds. The zero-order valence-electron chi connectivity index (χ0n) is 8.24. The summed E-state index contributed by atoms with van der Waals surface area (Å²) in [6, 6.07) is 5.63. The monoisotopic (exact) mass is 194 g/mol. The molecule has 0 bridgehead atoms. The molecule has 0 aliphatic carbocycles. The fraction of sp³-hybridized carbons (Fsp3) is 0.222. The Kier molecular flexibility index (Phi) is 3.30. The highest BCUT2D eigenvalue weighted by atomic mass is 16.5. The normalized spacial score (nSPS) is 11.2. The van der Waals surface area contributed by atoms with Gasteiger partial charge in [0.1, 0.15) is 11.4 Å². The first kappa shape index (κ1) is 10.3. The number of guanidine groups is 1. The molecule has 0 fully saturated rings. The number of methoxy groups -OCH3 is 1. The molecule has 76 valence electrons. The van der Waals surface area contributed by atoms with Crippen molar-refractivity contribution >= 4 is 11.6 Å². The van der Waals surface area contributed by atoms with E-state index in [1.165, 1.54) is 0 Å². The van der Waals surface area contributed by atoms with Crippen LogP contribution in [-0.4, -0.2) is 13.1 Å². The van der Waals surface area contributed by atoms with Crippen molar-refractivity contribution in [3.63, 3.8) is 0 Å². The van der Waals surface area contributed by atoms with Crippen molar-refractivity contribution in [2.24, 2.45) is 16.6 Å². The third-order valence-electron chi connectivity index (χ3n) is 1.72. The molecule has 0 atom stereocenters. The van der Waals surface area contributed by atoms with E-state index in [9.17, 15) is 0 Å². The van der Waals surface area contributed by atoms with Gasteiger partial charge >= 0.3 is 0 Å². The molecule has 5 N–H and O–H groups in total. The lowest BCUT2D eigenvalue weighted by Crippen LogP contribution is -2.36. The number of benzene rings is 1. The Hall–Kier alpha value is -1.75. The quantitative estimate of drug-likeness (QED) is 0.275. The van der Waals surface area contributed by atoms with E-state index in [1.54, 1.807) is 7.11 Å². The fourth-order valence-corrected chi connectivity index (χ4v) is 1.05. The lowest BCUT2D eigenvalue weighted by atomic mass is 10.2. The van der Waals surface area contributed by atoms with Crippen molar-refractivity contribution in [1.29, 1.82) is 0 Å². The van der Waals surface area contributed by atoms with E-state index >= 15 is 0 Å². The molecule has 5 heteroatoms. The molecule has 0 radical (unpaired) electrons. The van der Waals surface area contributed by atoms with E-state index in [-0.39, 0.29) is 5.96 Å². The summed E-state index contributed by atoms with van der Waals surface area (Å²) in [5.74, 6) is 5.91. The van der Waals surface area contributed by atoms with Crippen molar-refractivity contribution in [3.8, 4) is 5.75 Å². The van der Waals surface area contributed by atoms with Crippen LogP contribution in [0.1, 0.15) is 5.56 Å². The predicted octanol–water partition coefficient (Wildman–Crippen LogP) is 0.413. The maximum absolute atomic E-state index is 5.44. The number of nitrogens with two attached hydrogens (primary N) is 2. The van der Waals surface area contributed by atoms with Gasteiger partial charge < -0.3 is 10.5 Å². The van der Waals surface area contributed by atoms with E-state index < -0.39 is 0 Å². The summed E-state index contributed by atoms with van der Waals surface area (Å²) in [4.78, 5) is 4.04. The van der Waals surface area contributed by atoms with Crippen molar-refractivity contribution in [1.82, 2.24) is 5.43 Å². The molecule has 1 rings (SSSR count). The van der Waals surface area contributed by atoms with Crippen molar-refractivity contribution in [2.75, 3.05) is 7.11 Å². The zero-order valence-corrected chi connectivity index (χ0v) is 8.24. The van der Waals surface area contributed by atoms with Crippen LogP contribution in [0.15, 0.2) is 23.2 Å². The van der Waals surface area contributed by atoms with Gasteiger partial charge in [0.25, 0.3) is 0 Å². The Labute approximate surface area is 82.7 Å². The number of hydrogen-bond acceptors (Lipinski definition) is 3. The second-order valence-corrected chi connectivity index (χ2v) is 2.82. The number of hydrazine groups is 1. The van der Waals surface area contributed by atoms with Gasteiger partial charge in [-0.15, -0.1) is 0 Å². The highest BCUT2D eigenvalue weighted by Gasteiger charge is 2.01. The van der Waals surface area contributed by atoms with E-state index in [0.29, 0.717) is 11.4 Å². The summed E-state index contributed by atoms with van der Waals surface area (Å²) < 4.78 is 5.11. The minimum Gasteiger partial charge on any atom is -0.494 e. The van der Waals surface area contributed by atoms with Crippen LogP contribution in [0, 0.1) is 6.92 Å². The Morgan fingerprint density at radius 3 is 2.79 bits per heavy atom. The number of nitrogens with one attached hydrogen (secondary N) is 1. The van der Waals surface area contributed by atoms with E-state index in [0.717, 1.165) is 5.56 Å². The Morgan fingerprint density at radius 2 is 2.21 bits per heavy atom. The lowest BCUT2D eigenvalue weighted by molar-refractivity contribution is 0.416. The molecule has 0 spiro atoms. The molecule has 0 heterocycles. The number of nitrogens with zero attached hydrogens (tertiary/aromatic N) is 1. The summed E-state index contributed by atoms with van der Waals surface area (Å²) in [5, 5.41) is 0. The summed E-state index contributed by atoms with van der Waals surface area (Å²) >= 11 is 0. The maximum atomic E-state index is 5.44. The first-order valence-electron chi connectivity index (χ1n) is 4.12. The van der Waals surface area contributed by atoms with Gasteiger partial charge in [-0.05, 0) is 24.6 Å². The molecule has 0 saturated carbocycles. The molecule has 0 unspecified atom stereocenters. The largest absolute Gasteiger partial charge is 0.494 e. The zero-order chi connectivity index (χ0) is 10.6. The Balaban J connectivity index is 3.11. The van der Waals surface area contributed by atoms with Crippen LogP contribution in [0.3, 0.4) is 0 Å². The average Bonchev–Trinajstić information content (AvgIpc) is 2.18. The van der Waals surface area contributed by atoms with Crippen LogP contribution in [0.4, 0.5) is 5.69 Å². The Morgan fingerprint density at radius 1 is 1.50 bits per heavy atom. The van der Waals surface area contributed by atoms with Crippen LogP contribution in [0.25, 0.3) is 0 Å². The SMILES string of the molecule is COc1ccc(C)cc1N=C(N)NN. The van der Waals surface area contributed by atoms with Crippen LogP contribution in [-0.2, 0) is 0 Å². The summed E-state index contributed by atoms with van der Waals surface area (Å²) in [6.45, 7) is 1.96. The molecular formula is C9H14N4O. The minimum atomic E-state index is 0.147.